The Morgan fingerprint density at radius 3 is 2.67 bits per heavy atom. The largest absolute Gasteiger partial charge is 0.477 e. The molecule has 0 bridgehead atoms. The number of nitrogens with two attached hydrogens (primary N) is 1. The van der Waals surface area contributed by atoms with Gasteiger partial charge < -0.3 is 15.2 Å². The Hall–Kier alpha value is -1.85. The number of carbonyl (C=O) groups is 1. The SMILES string of the molecule is CC1C/C(=C2\N=C(N)C3CC(C)OC3=N2)C(=O)O1. The zero-order valence-electron chi connectivity index (χ0n) is 10.3. The molecule has 2 N–H and O–H groups in total. The van der Waals surface area contributed by atoms with E-state index in [1.54, 1.807) is 0 Å². The van der Waals surface area contributed by atoms with Crippen molar-refractivity contribution in [2.45, 2.75) is 38.9 Å². The van der Waals surface area contributed by atoms with Crippen LogP contribution in [0.5, 0.6) is 0 Å². The third-order valence-electron chi connectivity index (χ3n) is 3.31. The van der Waals surface area contributed by atoms with Crippen molar-refractivity contribution in [2.75, 3.05) is 0 Å². The van der Waals surface area contributed by atoms with Crippen LogP contribution in [-0.4, -0.2) is 29.9 Å². The van der Waals surface area contributed by atoms with Crippen LogP contribution in [0.2, 0.25) is 0 Å². The maximum Gasteiger partial charge on any atom is 0.338 e. The number of nitrogens with zero attached hydrogens (tertiary/aromatic N) is 2. The van der Waals surface area contributed by atoms with E-state index in [9.17, 15) is 4.79 Å². The average Bonchev–Trinajstić information content (AvgIpc) is 2.81. The van der Waals surface area contributed by atoms with Crippen molar-refractivity contribution in [3.05, 3.63) is 11.4 Å². The van der Waals surface area contributed by atoms with Crippen LogP contribution in [0.4, 0.5) is 0 Å². The first-order valence-corrected chi connectivity index (χ1v) is 6.08. The second kappa shape index (κ2) is 3.83. The molecule has 0 aromatic heterocycles. The van der Waals surface area contributed by atoms with Gasteiger partial charge in [0.15, 0.2) is 5.82 Å². The van der Waals surface area contributed by atoms with E-state index in [1.807, 2.05) is 13.8 Å². The van der Waals surface area contributed by atoms with Crippen molar-refractivity contribution in [3.63, 3.8) is 0 Å². The summed E-state index contributed by atoms with van der Waals surface area (Å²) in [6.45, 7) is 3.80. The van der Waals surface area contributed by atoms with Crippen LogP contribution < -0.4 is 5.73 Å². The Bertz CT molecular complexity index is 507. The summed E-state index contributed by atoms with van der Waals surface area (Å²) in [6, 6.07) is 0. The van der Waals surface area contributed by atoms with Gasteiger partial charge in [0.2, 0.25) is 5.90 Å². The summed E-state index contributed by atoms with van der Waals surface area (Å²) in [6.07, 6.45) is 1.26. The number of ether oxygens (including phenoxy) is 2. The molecule has 0 aliphatic carbocycles. The molecule has 3 atom stereocenters. The minimum atomic E-state index is -0.358. The molecule has 0 aromatic rings. The number of esters is 1. The highest BCUT2D eigenvalue weighted by molar-refractivity contribution is 6.06. The molecule has 3 rings (SSSR count). The van der Waals surface area contributed by atoms with Gasteiger partial charge in [0.1, 0.15) is 11.9 Å². The Kier molecular flexibility index (Phi) is 2.39. The molecule has 3 unspecified atom stereocenters. The van der Waals surface area contributed by atoms with E-state index in [1.165, 1.54) is 0 Å². The van der Waals surface area contributed by atoms with E-state index in [-0.39, 0.29) is 24.1 Å². The highest BCUT2D eigenvalue weighted by Crippen LogP contribution is 2.31. The van der Waals surface area contributed by atoms with Gasteiger partial charge in [-0.15, -0.1) is 0 Å². The summed E-state index contributed by atoms with van der Waals surface area (Å²) in [4.78, 5) is 20.2. The highest BCUT2D eigenvalue weighted by Gasteiger charge is 2.38. The van der Waals surface area contributed by atoms with Gasteiger partial charge in [0.05, 0.1) is 17.6 Å². The van der Waals surface area contributed by atoms with Gasteiger partial charge in [-0.3, -0.25) is 0 Å². The average molecular weight is 249 g/mol. The Morgan fingerprint density at radius 2 is 2.00 bits per heavy atom. The standard InChI is InChI=1S/C12H15N3O3/c1-5-3-7-9(13)14-10(15-11(7)17-5)8-4-6(2)18-12(8)16/h5-7H,3-4H2,1-2H3,(H2,13,14)/b10-8-. The van der Waals surface area contributed by atoms with Gasteiger partial charge in [-0.05, 0) is 13.8 Å². The first kappa shape index (κ1) is 11.3. The van der Waals surface area contributed by atoms with E-state index < -0.39 is 0 Å². The molecule has 0 saturated carbocycles. The molecule has 0 spiro atoms. The van der Waals surface area contributed by atoms with Crippen LogP contribution in [0.3, 0.4) is 0 Å². The zero-order valence-corrected chi connectivity index (χ0v) is 10.3. The maximum atomic E-state index is 11.6. The van der Waals surface area contributed by atoms with Crippen molar-refractivity contribution in [1.29, 1.82) is 0 Å². The summed E-state index contributed by atoms with van der Waals surface area (Å²) in [5, 5.41) is 0. The number of fused-ring (bicyclic) bond motifs is 1. The predicted octanol–water partition coefficient (Wildman–Crippen LogP) is 0.728. The van der Waals surface area contributed by atoms with Crippen molar-refractivity contribution in [3.8, 4) is 0 Å². The fraction of sp³-hybridized carbons (Fsp3) is 0.583. The van der Waals surface area contributed by atoms with E-state index in [2.05, 4.69) is 9.98 Å². The number of cyclic esters (lactones) is 1. The van der Waals surface area contributed by atoms with Crippen LogP contribution in [0.15, 0.2) is 21.4 Å². The summed E-state index contributed by atoms with van der Waals surface area (Å²) in [5.41, 5.74) is 6.41. The minimum absolute atomic E-state index is 0.0424. The highest BCUT2D eigenvalue weighted by atomic mass is 16.5. The Morgan fingerprint density at radius 1 is 1.22 bits per heavy atom. The molecule has 2 fully saturated rings. The van der Waals surface area contributed by atoms with Crippen LogP contribution in [0.25, 0.3) is 0 Å². The van der Waals surface area contributed by atoms with E-state index in [0.717, 1.165) is 6.42 Å². The smallest absolute Gasteiger partial charge is 0.338 e. The summed E-state index contributed by atoms with van der Waals surface area (Å²) >= 11 is 0. The number of amidine groups is 1. The monoisotopic (exact) mass is 249 g/mol. The lowest BCUT2D eigenvalue weighted by molar-refractivity contribution is -0.138. The molecule has 0 amide bonds. The number of hydrogen-bond acceptors (Lipinski definition) is 6. The van der Waals surface area contributed by atoms with Gasteiger partial charge in [-0.2, -0.15) is 4.99 Å². The fourth-order valence-electron chi connectivity index (χ4n) is 2.43. The Labute approximate surface area is 105 Å². The number of hydrogen-bond donors (Lipinski definition) is 1. The van der Waals surface area contributed by atoms with Crippen molar-refractivity contribution in [1.82, 2.24) is 0 Å². The summed E-state index contributed by atoms with van der Waals surface area (Å²) in [5.74, 6) is 0.994. The molecule has 2 saturated heterocycles. The molecule has 18 heavy (non-hydrogen) atoms. The summed E-state index contributed by atoms with van der Waals surface area (Å²) < 4.78 is 10.7. The first-order chi connectivity index (χ1) is 8.54. The van der Waals surface area contributed by atoms with Crippen molar-refractivity contribution < 1.29 is 14.3 Å². The molecular formula is C12H15N3O3. The van der Waals surface area contributed by atoms with E-state index in [0.29, 0.717) is 29.5 Å². The van der Waals surface area contributed by atoms with Gasteiger partial charge in [0, 0.05) is 12.8 Å². The molecule has 3 aliphatic heterocycles. The second-order valence-electron chi connectivity index (χ2n) is 4.93. The predicted molar refractivity (Wildman–Crippen MR) is 64.9 cm³/mol. The summed E-state index contributed by atoms with van der Waals surface area (Å²) in [7, 11) is 0. The number of carbonyl (C=O) groups excluding carboxylic acids is 1. The van der Waals surface area contributed by atoms with Crippen LogP contribution >= 0.6 is 0 Å². The van der Waals surface area contributed by atoms with Crippen molar-refractivity contribution in [2.24, 2.45) is 21.6 Å². The second-order valence-corrected chi connectivity index (χ2v) is 4.93. The normalized spacial score (nSPS) is 38.8. The van der Waals surface area contributed by atoms with Gasteiger partial charge in [-0.1, -0.05) is 0 Å². The molecular weight excluding hydrogens is 234 g/mol. The first-order valence-electron chi connectivity index (χ1n) is 6.08. The number of rotatable bonds is 0. The van der Waals surface area contributed by atoms with Crippen LogP contribution in [0.1, 0.15) is 26.7 Å². The molecule has 96 valence electrons. The molecule has 0 aromatic carbocycles. The lowest BCUT2D eigenvalue weighted by atomic mass is 10.0. The quantitative estimate of drug-likeness (QED) is 0.506. The molecule has 3 heterocycles. The minimum Gasteiger partial charge on any atom is -0.477 e. The third-order valence-corrected chi connectivity index (χ3v) is 3.31. The van der Waals surface area contributed by atoms with E-state index in [4.69, 9.17) is 15.2 Å². The van der Waals surface area contributed by atoms with E-state index >= 15 is 0 Å². The zero-order chi connectivity index (χ0) is 12.9. The maximum absolute atomic E-state index is 11.6. The molecule has 0 radical (unpaired) electrons. The Balaban J connectivity index is 2.00. The molecule has 3 aliphatic rings. The van der Waals surface area contributed by atoms with Crippen molar-refractivity contribution >= 4 is 17.7 Å². The number of aliphatic imine (C=N–C) groups is 2. The molecule has 6 nitrogen and oxygen atoms in total. The fourth-order valence-corrected chi connectivity index (χ4v) is 2.43. The molecule has 6 heteroatoms. The van der Waals surface area contributed by atoms with Gasteiger partial charge in [-0.25, -0.2) is 9.79 Å². The topological polar surface area (TPSA) is 86.3 Å². The van der Waals surface area contributed by atoms with Gasteiger partial charge >= 0.3 is 5.97 Å². The lowest BCUT2D eigenvalue weighted by Gasteiger charge is -2.14. The van der Waals surface area contributed by atoms with Crippen LogP contribution in [-0.2, 0) is 14.3 Å². The van der Waals surface area contributed by atoms with Gasteiger partial charge in [0.25, 0.3) is 0 Å². The van der Waals surface area contributed by atoms with Crippen LogP contribution in [0, 0.1) is 5.92 Å². The third kappa shape index (κ3) is 1.68. The lowest BCUT2D eigenvalue weighted by Crippen LogP contribution is -2.30.